The van der Waals surface area contributed by atoms with E-state index in [-0.39, 0.29) is 0 Å². The first-order valence-electron chi connectivity index (χ1n) is 46.8. The summed E-state index contributed by atoms with van der Waals surface area (Å²) in [6.07, 6.45) is 7.36. The summed E-state index contributed by atoms with van der Waals surface area (Å²) in [5.74, 6) is 0. The Bertz CT molecular complexity index is 6230. The molecule has 3 fully saturated rings. The zero-order valence-corrected chi connectivity index (χ0v) is 82.5. The van der Waals surface area contributed by atoms with Gasteiger partial charge in [0, 0.05) is 166 Å². The summed E-state index contributed by atoms with van der Waals surface area (Å²) in [7, 11) is 2.18. The lowest BCUT2D eigenvalue weighted by Gasteiger charge is -2.43. The molecule has 0 aromatic heterocycles. The van der Waals surface area contributed by atoms with E-state index in [4.69, 9.17) is 46.4 Å². The monoisotopic (exact) mass is 1930 g/mol. The summed E-state index contributed by atoms with van der Waals surface area (Å²) in [4.78, 5) is 35.7. The highest BCUT2D eigenvalue weighted by Crippen LogP contribution is 2.56. The molecule has 678 valence electrons. The van der Waals surface area contributed by atoms with Crippen molar-refractivity contribution in [3.8, 4) is 0 Å². The molecule has 15 aromatic carbocycles. The van der Waals surface area contributed by atoms with E-state index >= 15 is 0 Å². The summed E-state index contributed by atoms with van der Waals surface area (Å²) in [6, 6.07) is 132. The van der Waals surface area contributed by atoms with Crippen molar-refractivity contribution in [2.75, 3.05) is 97.0 Å². The van der Waals surface area contributed by atoms with E-state index in [1.807, 2.05) is 89.1 Å². The van der Waals surface area contributed by atoms with Gasteiger partial charge in [-0.25, -0.2) is 0 Å². The fourth-order valence-electron chi connectivity index (χ4n) is 19.5. The zero-order valence-electron chi connectivity index (χ0n) is 75.4. The molecule has 19 heteroatoms. The summed E-state index contributed by atoms with van der Waals surface area (Å²) in [6.45, 7) is 15.4. The van der Waals surface area contributed by atoms with Gasteiger partial charge in [-0.3, -0.25) is 14.7 Å². The van der Waals surface area contributed by atoms with Gasteiger partial charge < -0.3 is 34.7 Å². The molecule has 23 rings (SSSR count). The molecule has 1 unspecified atom stereocenters. The second-order valence-corrected chi connectivity index (χ2v) is 42.3. The highest BCUT2D eigenvalue weighted by molar-refractivity contribution is 8.00. The van der Waals surface area contributed by atoms with E-state index < -0.39 is 0 Å². The molecule has 0 aliphatic carbocycles. The van der Waals surface area contributed by atoms with Crippen molar-refractivity contribution in [1.82, 2.24) is 24.9 Å². The van der Waals surface area contributed by atoms with Gasteiger partial charge in [0.05, 0.1) is 56.9 Å². The highest BCUT2D eigenvalue weighted by atomic mass is 35.5. The Kier molecular flexibility index (Phi) is 31.5. The maximum Gasteiger partial charge on any atom is 0.0570 e. The number of fused-ring (bicyclic) bond motifs is 10. The van der Waals surface area contributed by atoms with E-state index in [1.165, 1.54) is 179 Å². The lowest BCUT2D eigenvalue weighted by molar-refractivity contribution is 0.200. The summed E-state index contributed by atoms with van der Waals surface area (Å²) in [5.41, 5.74) is 19.6. The predicted molar refractivity (Wildman–Crippen MR) is 571 cm³/mol. The van der Waals surface area contributed by atoms with E-state index in [0.717, 1.165) is 112 Å². The van der Waals surface area contributed by atoms with Crippen LogP contribution < -0.4 is 29.8 Å². The summed E-state index contributed by atoms with van der Waals surface area (Å²) in [5, 5.41) is 6.72. The van der Waals surface area contributed by atoms with E-state index in [1.54, 1.807) is 0 Å². The van der Waals surface area contributed by atoms with Crippen LogP contribution in [-0.4, -0.2) is 110 Å². The van der Waals surface area contributed by atoms with Gasteiger partial charge in [-0.15, -0.1) is 0 Å². The lowest BCUT2D eigenvalue weighted by Crippen LogP contribution is -2.46. The minimum Gasteiger partial charge on any atom is -0.338 e. The third-order valence-corrected chi connectivity index (χ3v) is 32.3. The van der Waals surface area contributed by atoms with Crippen molar-refractivity contribution in [2.24, 2.45) is 0 Å². The van der Waals surface area contributed by atoms with Crippen LogP contribution in [0.2, 0.25) is 20.1 Å². The Morgan fingerprint density at radius 1 is 0.276 bits per heavy atom. The highest BCUT2D eigenvalue weighted by Gasteiger charge is 2.37. The smallest absolute Gasteiger partial charge is 0.0570 e. The Morgan fingerprint density at radius 3 is 0.881 bits per heavy atom. The molecule has 8 aliphatic rings. The van der Waals surface area contributed by atoms with Crippen LogP contribution in [0.5, 0.6) is 0 Å². The van der Waals surface area contributed by atoms with Crippen LogP contribution in [0.3, 0.4) is 0 Å². The van der Waals surface area contributed by atoms with E-state index in [2.05, 4.69) is 396 Å². The molecule has 0 bridgehead atoms. The first-order valence-corrected chi connectivity index (χ1v) is 52.4. The number of anilines is 10. The molecule has 8 aliphatic heterocycles. The van der Waals surface area contributed by atoms with Crippen LogP contribution in [0.15, 0.2) is 419 Å². The second kappa shape index (κ2) is 45.3. The molecule has 1 N–H and O–H groups in total. The number of halogens is 4. The van der Waals surface area contributed by atoms with Crippen molar-refractivity contribution in [3.63, 3.8) is 0 Å². The quantitative estimate of drug-likeness (QED) is 0.0781. The SMILES string of the molecule is CN(CCN1c2ccccc2Sc2ccc(Cl)cc21)Cc1ccccc1.Clc1ccc2c(c1)N(CCNCc1ccccc1)c1ccccc1S2.Clc1ccc2c(c1)N([C@@H]1CCCN(Cc3ccccc3)C1)c1ccccc1S2.Clc1ccc2c(c1)N([C@H]1CCCN(Cc3ccccc3)C1)c1ccccc1S2.c1ccc(CN2CCCC(N3c4ccccc4Sc4ccccc43)C2)cc1. The Hall–Kier alpha value is -9.99. The van der Waals surface area contributed by atoms with Gasteiger partial charge in [0.1, 0.15) is 0 Å². The van der Waals surface area contributed by atoms with Gasteiger partial charge in [0.15, 0.2) is 0 Å². The van der Waals surface area contributed by atoms with Gasteiger partial charge in [-0.1, -0.05) is 330 Å². The predicted octanol–water partition coefficient (Wildman–Crippen LogP) is 31.0. The number of likely N-dealkylation sites (N-methyl/N-ethyl adjacent to an activating group) is 1. The van der Waals surface area contributed by atoms with Gasteiger partial charge in [-0.2, -0.15) is 0 Å². The molecular weight excluding hydrogens is 1820 g/mol. The average molecular weight is 1930 g/mol. The van der Waals surface area contributed by atoms with Crippen molar-refractivity contribution < 1.29 is 0 Å². The van der Waals surface area contributed by atoms with Crippen molar-refractivity contribution >= 4 is 162 Å². The maximum absolute atomic E-state index is 6.40. The van der Waals surface area contributed by atoms with Crippen molar-refractivity contribution in [1.29, 1.82) is 0 Å². The number of hydrogen-bond acceptors (Lipinski definition) is 15. The number of rotatable bonds is 19. The Labute approximate surface area is 833 Å². The van der Waals surface area contributed by atoms with E-state index in [0.29, 0.717) is 18.1 Å². The van der Waals surface area contributed by atoms with Crippen LogP contribution >= 0.6 is 105 Å². The summed E-state index contributed by atoms with van der Waals surface area (Å²) < 4.78 is 0. The van der Waals surface area contributed by atoms with Crippen LogP contribution in [0, 0.1) is 0 Å². The molecule has 0 spiro atoms. The fourth-order valence-corrected chi connectivity index (χ4v) is 25.5. The topological polar surface area (TPSA) is 41.2 Å². The Morgan fingerprint density at radius 2 is 0.537 bits per heavy atom. The third kappa shape index (κ3) is 23.1. The molecule has 15 aromatic rings. The maximum atomic E-state index is 6.40. The molecule has 0 saturated carbocycles. The first-order chi connectivity index (χ1) is 65.9. The third-order valence-electron chi connectivity index (χ3n) is 25.7. The molecule has 10 nitrogen and oxygen atoms in total. The van der Waals surface area contributed by atoms with Crippen LogP contribution in [0.1, 0.15) is 66.3 Å². The standard InChI is InChI=1S/2C24H23ClN2S.C24H24N2S.C22H21ClN2S.C21H19ClN2S/c2*25-19-12-13-24-22(15-19)27(21-10-4-5-11-23(21)28-24)20-9-6-14-26(17-20)16-18-7-2-1-3-8-18;1-2-9-19(10-3-1)17-25-16-8-11-20(18-25)26-21-12-4-6-14-23(21)27-24-15-7-5-13-22(24)26;1-24(16-17-7-3-2-4-8-17)13-14-25-19-9-5-6-10-21(19)26-22-12-11-18(23)15-20(22)25;22-17-10-11-21-19(14-17)24(18-8-4-5-9-20(18)25-21)13-12-23-15-16-6-2-1-3-7-16/h2*1-5,7-8,10-13,15,20H,6,9,14,16-17H2;1-7,9-10,12-15,20H,8,11,16-18H2;2-12,15H,13-14,16H2,1H3;1-11,14,23H,12-13,15H2/t2*20-;;;/m10.../s1. The lowest BCUT2D eigenvalue weighted by atomic mass is 10.0. The molecular formula is C115H110Cl4N10S5. The van der Waals surface area contributed by atoms with Crippen LogP contribution in [-0.2, 0) is 32.7 Å². The van der Waals surface area contributed by atoms with Crippen LogP contribution in [0.25, 0.3) is 0 Å². The minimum absolute atomic E-state index is 0.455. The number of nitrogens with one attached hydrogen (secondary N) is 1. The van der Waals surface area contributed by atoms with Gasteiger partial charge in [0.2, 0.25) is 0 Å². The van der Waals surface area contributed by atoms with Gasteiger partial charge >= 0.3 is 0 Å². The van der Waals surface area contributed by atoms with Gasteiger partial charge in [-0.05, 0) is 239 Å². The number of nitrogens with zero attached hydrogens (tertiary/aromatic N) is 9. The normalized spacial score (nSPS) is 16.8. The zero-order chi connectivity index (χ0) is 90.9. The average Bonchev–Trinajstić information content (AvgIpc) is 0.759. The number of piperidine rings is 3. The first kappa shape index (κ1) is 93.0. The minimum atomic E-state index is 0.455. The van der Waals surface area contributed by atoms with Crippen LogP contribution in [0.4, 0.5) is 56.9 Å². The number of para-hydroxylation sites is 6. The Balaban J connectivity index is 0.000000108. The number of hydrogen-bond donors (Lipinski definition) is 1. The van der Waals surface area contributed by atoms with Crippen molar-refractivity contribution in [2.45, 2.75) is 138 Å². The molecule has 3 atom stereocenters. The second-order valence-electron chi connectivity index (χ2n) is 35.1. The van der Waals surface area contributed by atoms with E-state index in [9.17, 15) is 0 Å². The largest absolute Gasteiger partial charge is 0.338 e. The molecule has 8 heterocycles. The molecule has 0 amide bonds. The molecule has 134 heavy (non-hydrogen) atoms. The molecule has 0 radical (unpaired) electrons. The number of likely N-dealkylation sites (tertiary alicyclic amines) is 3. The number of benzene rings is 15. The van der Waals surface area contributed by atoms with Gasteiger partial charge in [0.25, 0.3) is 0 Å². The van der Waals surface area contributed by atoms with Crippen molar-refractivity contribution in [3.05, 3.63) is 418 Å². The summed E-state index contributed by atoms with van der Waals surface area (Å²) >= 11 is 34.6. The molecule has 3 saturated heterocycles. The fraction of sp³-hybridized carbons (Fsp3) is 0.217.